The van der Waals surface area contributed by atoms with Crippen LogP contribution in [0, 0.1) is 0 Å². The van der Waals surface area contributed by atoms with Crippen molar-refractivity contribution in [2.45, 2.75) is 52.0 Å². The Kier molecular flexibility index (Phi) is 7.86. The van der Waals surface area contributed by atoms with Crippen molar-refractivity contribution < 1.29 is 19.4 Å². The fraction of sp³-hybridized carbons (Fsp3) is 0.812. The Hall–Kier alpha value is -0.760. The van der Waals surface area contributed by atoms with Crippen molar-refractivity contribution in [3.05, 3.63) is 11.5 Å². The largest absolute Gasteiger partial charge is 0.322 e. The van der Waals surface area contributed by atoms with Crippen LogP contribution in [-0.4, -0.2) is 64.4 Å². The maximum absolute atomic E-state index is 11.8. The Morgan fingerprint density at radius 2 is 1.87 bits per heavy atom. The molecule has 2 fully saturated rings. The molecule has 0 aromatic rings. The quantitative estimate of drug-likeness (QED) is 0.355. The lowest BCUT2D eigenvalue weighted by Gasteiger charge is -2.47. The first-order valence-corrected chi connectivity index (χ1v) is 9.68. The lowest BCUT2D eigenvalue weighted by atomic mass is 10.1. The number of hydrogen-bond donors (Lipinski definition) is 2. The zero-order valence-corrected chi connectivity index (χ0v) is 15.9. The second-order valence-electron chi connectivity index (χ2n) is 5.87. The van der Waals surface area contributed by atoms with E-state index in [1.807, 2.05) is 27.7 Å². The minimum atomic E-state index is -0.465. The van der Waals surface area contributed by atoms with Crippen molar-refractivity contribution in [2.24, 2.45) is 5.73 Å². The number of nitrogens with zero attached hydrogens (tertiary/aromatic N) is 2. The van der Waals surface area contributed by atoms with Gasteiger partial charge in [-0.2, -0.15) is 0 Å². The minimum Gasteiger partial charge on any atom is -0.322 e. The third kappa shape index (κ3) is 4.02. The summed E-state index contributed by atoms with van der Waals surface area (Å²) in [5, 5.41) is 9.06. The Balaban J connectivity index is 0.000000615. The fourth-order valence-electron chi connectivity index (χ4n) is 3.24. The van der Waals surface area contributed by atoms with Crippen LogP contribution in [0.4, 0.5) is 0 Å². The molecule has 6 nitrogen and oxygen atoms in total. The van der Waals surface area contributed by atoms with Crippen LogP contribution >= 0.6 is 11.8 Å². The van der Waals surface area contributed by atoms with Gasteiger partial charge in [-0.3, -0.25) is 9.69 Å². The zero-order valence-electron chi connectivity index (χ0n) is 15.0. The summed E-state index contributed by atoms with van der Waals surface area (Å²) in [6.07, 6.45) is 2.48. The monoisotopic (exact) mass is 346 g/mol. The van der Waals surface area contributed by atoms with Gasteiger partial charge in [-0.05, 0) is 0 Å². The normalized spacial score (nSPS) is 28.0. The zero-order chi connectivity index (χ0) is 17.6. The van der Waals surface area contributed by atoms with Gasteiger partial charge in [0.25, 0.3) is 0 Å². The maximum atomic E-state index is 11.8. The molecule has 134 valence electrons. The van der Waals surface area contributed by atoms with Gasteiger partial charge in [-0.15, -0.1) is 11.8 Å². The van der Waals surface area contributed by atoms with E-state index in [2.05, 4.69) is 11.9 Å². The highest BCUT2D eigenvalue weighted by molar-refractivity contribution is 8.00. The van der Waals surface area contributed by atoms with Crippen molar-refractivity contribution >= 4 is 17.7 Å². The molecule has 3 N–H and O–H groups in total. The van der Waals surface area contributed by atoms with Crippen molar-refractivity contribution in [3.8, 4) is 0 Å². The lowest BCUT2D eigenvalue weighted by Crippen LogP contribution is -2.68. The van der Waals surface area contributed by atoms with E-state index < -0.39 is 6.04 Å². The number of thioether (sulfide) groups is 1. The number of likely N-dealkylation sites (N-methyl/N-ethyl adjacent to an activating group) is 1. The van der Waals surface area contributed by atoms with E-state index in [9.17, 15) is 4.79 Å². The molecule has 0 saturated carbocycles. The van der Waals surface area contributed by atoms with Crippen LogP contribution in [0.3, 0.4) is 0 Å². The number of fused-ring (bicyclic) bond motifs is 1. The number of carbonyl (C=O) groups is 1. The van der Waals surface area contributed by atoms with Crippen LogP contribution < -0.4 is 5.73 Å². The molecule has 2 unspecified atom stereocenters. The van der Waals surface area contributed by atoms with Gasteiger partial charge < -0.3 is 15.1 Å². The summed E-state index contributed by atoms with van der Waals surface area (Å²) in [7, 11) is 2.22. The number of nitrogens with two attached hydrogens (primary N) is 1. The van der Waals surface area contributed by atoms with Crippen LogP contribution in [0.15, 0.2) is 11.5 Å². The molecule has 2 atom stereocenters. The van der Waals surface area contributed by atoms with Crippen LogP contribution in [0.1, 0.15) is 40.5 Å². The van der Waals surface area contributed by atoms with Gasteiger partial charge in [0, 0.05) is 18.6 Å². The Morgan fingerprint density at radius 3 is 2.39 bits per heavy atom. The van der Waals surface area contributed by atoms with Crippen molar-refractivity contribution in [2.75, 3.05) is 32.4 Å². The summed E-state index contributed by atoms with van der Waals surface area (Å²) >= 11 is 1.66. The summed E-state index contributed by atoms with van der Waals surface area (Å²) in [4.78, 5) is 17.8. The van der Waals surface area contributed by atoms with Gasteiger partial charge in [0.2, 0.25) is 11.8 Å². The second-order valence-corrected chi connectivity index (χ2v) is 6.97. The van der Waals surface area contributed by atoms with Gasteiger partial charge in [0.1, 0.15) is 18.0 Å². The topological polar surface area (TPSA) is 75.8 Å². The van der Waals surface area contributed by atoms with Crippen molar-refractivity contribution in [1.82, 2.24) is 4.90 Å². The molecule has 0 radical (unpaired) electrons. The van der Waals surface area contributed by atoms with Crippen molar-refractivity contribution in [3.63, 3.8) is 0 Å². The molecule has 0 spiro atoms. The molecule has 23 heavy (non-hydrogen) atoms. The molecule has 3 rings (SSSR count). The molecule has 3 aliphatic rings. The molecule has 3 heterocycles. The molecule has 7 heteroatoms. The maximum Gasteiger partial charge on any atom is 0.250 e. The van der Waals surface area contributed by atoms with Crippen LogP contribution in [-0.2, 0) is 9.68 Å². The Bertz CT molecular complexity index is 436. The van der Waals surface area contributed by atoms with E-state index in [1.54, 1.807) is 11.8 Å². The summed E-state index contributed by atoms with van der Waals surface area (Å²) in [5.74, 6) is 0.927. The lowest BCUT2D eigenvalue weighted by molar-refractivity contribution is -0.893. The third-order valence-corrected chi connectivity index (χ3v) is 5.70. The molecule has 0 aliphatic carbocycles. The molecule has 0 aromatic carbocycles. The van der Waals surface area contributed by atoms with Gasteiger partial charge in [-0.25, -0.2) is 5.26 Å². The smallest absolute Gasteiger partial charge is 0.250 e. The molecular formula is C16H32N3O3S+. The summed E-state index contributed by atoms with van der Waals surface area (Å²) in [5.41, 5.74) is 6.76. The van der Waals surface area contributed by atoms with Gasteiger partial charge >= 0.3 is 0 Å². The summed E-state index contributed by atoms with van der Waals surface area (Å²) in [6.45, 7) is 11.1. The first-order chi connectivity index (χ1) is 11.1. The van der Waals surface area contributed by atoms with E-state index in [0.29, 0.717) is 5.88 Å². The highest BCUT2D eigenvalue weighted by Gasteiger charge is 2.52. The molecular weight excluding hydrogens is 314 g/mol. The second kappa shape index (κ2) is 8.92. The van der Waals surface area contributed by atoms with Crippen LogP contribution in [0.5, 0.6) is 0 Å². The van der Waals surface area contributed by atoms with E-state index in [-0.39, 0.29) is 11.3 Å². The first-order valence-electron chi connectivity index (χ1n) is 8.63. The number of quaternary nitrogens is 1. The third-order valence-electron chi connectivity index (χ3n) is 4.34. The standard InChI is InChI=1S/C12H19N3O3S.2C2H6/c1-15(4-2-3-5-15)6-8-7-19-12-9(13)10(16)14(12)11(8)18-17;2*1-2/h9,12H,2-7,13H2,1H3;2*1-2H3/p+1. The molecule has 2 saturated heterocycles. The first kappa shape index (κ1) is 20.3. The number of likely N-dealkylation sites (tertiary alicyclic amines) is 1. The predicted molar refractivity (Wildman–Crippen MR) is 94.5 cm³/mol. The van der Waals surface area contributed by atoms with E-state index in [1.165, 1.54) is 17.7 Å². The Morgan fingerprint density at radius 1 is 1.30 bits per heavy atom. The molecule has 1 amide bonds. The van der Waals surface area contributed by atoms with Crippen molar-refractivity contribution in [1.29, 1.82) is 0 Å². The van der Waals surface area contributed by atoms with Crippen LogP contribution in [0.25, 0.3) is 0 Å². The predicted octanol–water partition coefficient (Wildman–Crippen LogP) is 2.22. The number of rotatable bonds is 3. The SMILES string of the molecule is CC.CC.C[N+]1(CC2=C(OO)N3C(=O)C(N)C3SC2)CCCC1. The number of carbonyl (C=O) groups excluding carboxylic acids is 1. The minimum absolute atomic E-state index is 0.0812. The number of β-lactam (4-membered cyclic amide) rings is 1. The van der Waals surface area contributed by atoms with Gasteiger partial charge in [-0.1, -0.05) is 27.7 Å². The average molecular weight is 347 g/mol. The fourth-order valence-corrected chi connectivity index (χ4v) is 4.50. The van der Waals surface area contributed by atoms with E-state index in [4.69, 9.17) is 11.0 Å². The van der Waals surface area contributed by atoms with E-state index in [0.717, 1.165) is 35.4 Å². The average Bonchev–Trinajstić information content (AvgIpc) is 3.03. The summed E-state index contributed by atoms with van der Waals surface area (Å²) in [6, 6.07) is -0.465. The highest BCUT2D eigenvalue weighted by Crippen LogP contribution is 2.40. The number of hydrogen-bond acceptors (Lipinski definition) is 5. The Labute approximate surface area is 144 Å². The van der Waals surface area contributed by atoms with Gasteiger partial charge in [0.05, 0.1) is 25.7 Å². The molecule has 0 aromatic heterocycles. The molecule has 3 aliphatic heterocycles. The molecule has 0 bridgehead atoms. The van der Waals surface area contributed by atoms with E-state index >= 15 is 0 Å². The highest BCUT2D eigenvalue weighted by atomic mass is 32.2. The van der Waals surface area contributed by atoms with Crippen LogP contribution in [0.2, 0.25) is 0 Å². The number of amides is 1. The van der Waals surface area contributed by atoms with Gasteiger partial charge in [0.15, 0.2) is 0 Å². The summed E-state index contributed by atoms with van der Waals surface area (Å²) < 4.78 is 0.960.